The summed E-state index contributed by atoms with van der Waals surface area (Å²) < 4.78 is 0. The van der Waals surface area contributed by atoms with Gasteiger partial charge in [0.25, 0.3) is 0 Å². The van der Waals surface area contributed by atoms with Crippen LogP contribution in [0.1, 0.15) is 10.4 Å². The van der Waals surface area contributed by atoms with Crippen LogP contribution < -0.4 is 5.32 Å². The molecule has 1 N–H and O–H groups in total. The first-order valence-corrected chi connectivity index (χ1v) is 10.1. The van der Waals surface area contributed by atoms with Crippen LogP contribution in [0.15, 0.2) is 87.4 Å². The monoisotopic (exact) mass is 350 g/mol. The van der Waals surface area contributed by atoms with Gasteiger partial charge in [-0.1, -0.05) is 42.0 Å². The summed E-state index contributed by atoms with van der Waals surface area (Å²) in [6.45, 7) is 2.14. The van der Waals surface area contributed by atoms with Gasteiger partial charge in [-0.05, 0) is 52.9 Å². The second kappa shape index (κ2) is 6.67. The predicted octanol–water partition coefficient (Wildman–Crippen LogP) is 5.71. The van der Waals surface area contributed by atoms with Crippen LogP contribution >= 0.6 is 22.2 Å². The van der Waals surface area contributed by atoms with E-state index in [9.17, 15) is 0 Å². The number of thiol groups is 1. The van der Waals surface area contributed by atoms with Gasteiger partial charge >= 0.3 is 0 Å². The van der Waals surface area contributed by atoms with E-state index in [1.165, 1.54) is 21.0 Å². The molecule has 1 atom stereocenters. The van der Waals surface area contributed by atoms with Crippen LogP contribution in [0.3, 0.4) is 0 Å². The number of benzene rings is 2. The minimum atomic E-state index is -0.604. The van der Waals surface area contributed by atoms with E-state index in [2.05, 4.69) is 59.4 Å². The maximum atomic E-state index is 4.89. The summed E-state index contributed by atoms with van der Waals surface area (Å²) in [4.78, 5) is 7.48. The average Bonchev–Trinajstić information content (AvgIpc) is 3.25. The minimum Gasteiger partial charge on any atom is -0.334 e. The lowest BCUT2D eigenvalue weighted by molar-refractivity contribution is 1.33. The molecule has 0 saturated heterocycles. The average molecular weight is 351 g/mol. The first-order chi connectivity index (χ1) is 11.8. The summed E-state index contributed by atoms with van der Waals surface area (Å²) in [5.74, 6) is 0. The van der Waals surface area contributed by atoms with Gasteiger partial charge in [0, 0.05) is 0 Å². The number of nitrogens with zero attached hydrogens (tertiary/aromatic N) is 1. The highest BCUT2D eigenvalue weighted by Gasteiger charge is 2.22. The van der Waals surface area contributed by atoms with Crippen molar-refractivity contribution in [2.45, 2.75) is 11.8 Å². The van der Waals surface area contributed by atoms with Gasteiger partial charge in [-0.3, -0.25) is 0 Å². The molecular formula is C20H18N2S2. The maximum absolute atomic E-state index is 4.89. The molecule has 0 amide bonds. The molecule has 0 spiro atoms. The molecule has 1 unspecified atom stereocenters. The van der Waals surface area contributed by atoms with Crippen LogP contribution in [0, 0.1) is 6.92 Å². The van der Waals surface area contributed by atoms with E-state index in [1.807, 2.05) is 30.3 Å². The Hall–Kier alpha value is -2.30. The number of aliphatic imine (C=N–C) groups is 1. The standard InChI is InChI=1S/C20H18N2S2/c1-15-7-5-10-17(13-15)24-14-18(19-11-6-12-23-19)22-20(24)21-16-8-3-2-4-9-16/h2-14,24H,1H3,(H,21,22). The third-order valence-electron chi connectivity index (χ3n) is 3.79. The summed E-state index contributed by atoms with van der Waals surface area (Å²) in [7, 11) is -0.604. The number of nitrogens with one attached hydrogen (secondary N) is 1. The maximum Gasteiger partial charge on any atom is 0.153 e. The number of hydrogen-bond acceptors (Lipinski definition) is 2. The third kappa shape index (κ3) is 3.16. The lowest BCUT2D eigenvalue weighted by atomic mass is 10.2. The second-order valence-electron chi connectivity index (χ2n) is 5.63. The Morgan fingerprint density at radius 3 is 2.58 bits per heavy atom. The molecule has 120 valence electrons. The summed E-state index contributed by atoms with van der Waals surface area (Å²) >= 11 is 1.75. The number of amidine groups is 1. The van der Waals surface area contributed by atoms with Crippen LogP contribution in [0.5, 0.6) is 0 Å². The fourth-order valence-corrected chi connectivity index (χ4v) is 5.46. The Balaban J connectivity index is 1.76. The highest BCUT2D eigenvalue weighted by Crippen LogP contribution is 2.46. The first-order valence-electron chi connectivity index (χ1n) is 7.82. The van der Waals surface area contributed by atoms with Gasteiger partial charge in [0.15, 0.2) is 5.17 Å². The van der Waals surface area contributed by atoms with E-state index >= 15 is 0 Å². The molecule has 0 radical (unpaired) electrons. The fraction of sp³-hybridized carbons (Fsp3) is 0.0500. The van der Waals surface area contributed by atoms with Crippen LogP contribution in [-0.4, -0.2) is 5.17 Å². The van der Waals surface area contributed by atoms with Crippen molar-refractivity contribution in [1.29, 1.82) is 0 Å². The summed E-state index contributed by atoms with van der Waals surface area (Å²) in [6.07, 6.45) is 0. The highest BCUT2D eigenvalue weighted by molar-refractivity contribution is 8.32. The van der Waals surface area contributed by atoms with E-state index in [1.54, 1.807) is 11.3 Å². The third-order valence-corrected chi connectivity index (χ3v) is 6.71. The molecule has 3 aromatic rings. The van der Waals surface area contributed by atoms with E-state index in [4.69, 9.17) is 4.99 Å². The molecule has 0 aliphatic carbocycles. The molecule has 4 rings (SSSR count). The number of rotatable bonds is 3. The smallest absolute Gasteiger partial charge is 0.153 e. The molecule has 1 aromatic heterocycles. The van der Waals surface area contributed by atoms with Crippen molar-refractivity contribution in [2.24, 2.45) is 4.99 Å². The molecule has 4 heteroatoms. The fourth-order valence-electron chi connectivity index (χ4n) is 2.64. The topological polar surface area (TPSA) is 24.4 Å². The predicted molar refractivity (Wildman–Crippen MR) is 107 cm³/mol. The lowest BCUT2D eigenvalue weighted by Crippen LogP contribution is -2.14. The molecule has 0 fully saturated rings. The Morgan fingerprint density at radius 1 is 0.958 bits per heavy atom. The van der Waals surface area contributed by atoms with Gasteiger partial charge in [0.05, 0.1) is 16.3 Å². The van der Waals surface area contributed by atoms with Gasteiger partial charge in [0.2, 0.25) is 0 Å². The SMILES string of the molecule is Cc1cccc([SH]2C=C(c3cccs3)NC2=Nc2ccccc2)c1. The molecule has 0 saturated carbocycles. The molecule has 1 aliphatic heterocycles. The Bertz CT molecular complexity index is 896. The van der Waals surface area contributed by atoms with Crippen molar-refractivity contribution in [3.05, 3.63) is 88.0 Å². The van der Waals surface area contributed by atoms with Gasteiger partial charge in [0.1, 0.15) is 0 Å². The molecular weight excluding hydrogens is 332 g/mol. The molecule has 0 bridgehead atoms. The van der Waals surface area contributed by atoms with Crippen molar-refractivity contribution in [1.82, 2.24) is 5.32 Å². The number of aryl methyl sites for hydroxylation is 1. The highest BCUT2D eigenvalue weighted by atomic mass is 32.2. The van der Waals surface area contributed by atoms with Crippen molar-refractivity contribution in [2.75, 3.05) is 0 Å². The molecule has 2 aromatic carbocycles. The number of thiophene rings is 1. The largest absolute Gasteiger partial charge is 0.334 e. The second-order valence-corrected chi connectivity index (χ2v) is 8.51. The Kier molecular flexibility index (Phi) is 4.24. The Morgan fingerprint density at radius 2 is 1.83 bits per heavy atom. The number of para-hydroxylation sites is 1. The van der Waals surface area contributed by atoms with Crippen molar-refractivity contribution >= 4 is 38.8 Å². The van der Waals surface area contributed by atoms with E-state index in [0.29, 0.717) is 0 Å². The van der Waals surface area contributed by atoms with Gasteiger partial charge < -0.3 is 5.32 Å². The summed E-state index contributed by atoms with van der Waals surface area (Å²) in [5.41, 5.74) is 3.44. The summed E-state index contributed by atoms with van der Waals surface area (Å²) in [5, 5.41) is 9.06. The lowest BCUT2D eigenvalue weighted by Gasteiger charge is -2.15. The molecule has 2 heterocycles. The van der Waals surface area contributed by atoms with Gasteiger partial charge in [-0.25, -0.2) is 4.99 Å². The van der Waals surface area contributed by atoms with Crippen molar-refractivity contribution < 1.29 is 0 Å². The van der Waals surface area contributed by atoms with Crippen LogP contribution in [-0.2, 0) is 0 Å². The van der Waals surface area contributed by atoms with E-state index in [-0.39, 0.29) is 0 Å². The number of hydrogen-bond donors (Lipinski definition) is 2. The quantitative estimate of drug-likeness (QED) is 0.581. The Labute approximate surface area is 148 Å². The summed E-state index contributed by atoms with van der Waals surface area (Å²) in [6, 6.07) is 23.1. The minimum absolute atomic E-state index is 0.604. The van der Waals surface area contributed by atoms with Crippen LogP contribution in [0.25, 0.3) is 5.70 Å². The van der Waals surface area contributed by atoms with E-state index in [0.717, 1.165) is 10.9 Å². The van der Waals surface area contributed by atoms with Crippen molar-refractivity contribution in [3.8, 4) is 0 Å². The zero-order valence-corrected chi connectivity index (χ0v) is 15.0. The van der Waals surface area contributed by atoms with Crippen molar-refractivity contribution in [3.63, 3.8) is 0 Å². The van der Waals surface area contributed by atoms with E-state index < -0.39 is 10.9 Å². The van der Waals surface area contributed by atoms with Gasteiger partial charge in [-0.2, -0.15) is 0 Å². The molecule has 24 heavy (non-hydrogen) atoms. The molecule has 1 aliphatic rings. The zero-order chi connectivity index (χ0) is 16.4. The molecule has 2 nitrogen and oxygen atoms in total. The zero-order valence-electron chi connectivity index (χ0n) is 13.3. The van der Waals surface area contributed by atoms with Gasteiger partial charge in [-0.15, -0.1) is 22.2 Å². The first kappa shape index (κ1) is 15.2. The van der Waals surface area contributed by atoms with Crippen LogP contribution in [0.2, 0.25) is 0 Å². The van der Waals surface area contributed by atoms with Crippen LogP contribution in [0.4, 0.5) is 5.69 Å². The normalized spacial score (nSPS) is 20.0.